The van der Waals surface area contributed by atoms with Gasteiger partial charge < -0.3 is 9.47 Å². The first-order chi connectivity index (χ1) is 11.8. The molecule has 2 aromatic rings. The highest BCUT2D eigenvalue weighted by Gasteiger charge is 2.31. The molecule has 0 fully saturated rings. The molecule has 25 heavy (non-hydrogen) atoms. The zero-order valence-corrected chi connectivity index (χ0v) is 15.1. The minimum absolute atomic E-state index is 0.423. The molecule has 4 nitrogen and oxygen atoms in total. The van der Waals surface area contributed by atoms with E-state index in [1.165, 1.54) is 0 Å². The third-order valence-electron chi connectivity index (χ3n) is 3.72. The fraction of sp³-hybridized carbons (Fsp3) is 0.333. The molecular weight excluding hydrogens is 316 g/mol. The molecule has 0 amide bonds. The van der Waals surface area contributed by atoms with Gasteiger partial charge in [-0.2, -0.15) is 0 Å². The van der Waals surface area contributed by atoms with Crippen molar-refractivity contribution in [1.82, 2.24) is 0 Å². The highest BCUT2D eigenvalue weighted by atomic mass is 16.6. The van der Waals surface area contributed by atoms with Gasteiger partial charge in [-0.1, -0.05) is 42.5 Å². The van der Waals surface area contributed by atoms with E-state index in [2.05, 4.69) is 0 Å². The minimum atomic E-state index is -0.796. The van der Waals surface area contributed by atoms with Gasteiger partial charge in [0.05, 0.1) is 13.0 Å². The first-order valence-corrected chi connectivity index (χ1v) is 8.25. The van der Waals surface area contributed by atoms with Gasteiger partial charge in [0.1, 0.15) is 11.4 Å². The molecule has 0 aliphatic carbocycles. The summed E-state index contributed by atoms with van der Waals surface area (Å²) in [6.45, 7) is 5.25. The summed E-state index contributed by atoms with van der Waals surface area (Å²) in [7, 11) is 1.60. The summed E-state index contributed by atoms with van der Waals surface area (Å²) in [4.78, 5) is 25.0. The van der Waals surface area contributed by atoms with Crippen LogP contribution >= 0.6 is 0 Å². The van der Waals surface area contributed by atoms with Crippen LogP contribution in [0.2, 0.25) is 0 Å². The zero-order chi connectivity index (χ0) is 18.4. The molecule has 1 atom stereocenters. The summed E-state index contributed by atoms with van der Waals surface area (Å²) in [5.74, 6) is -1.16. The Bertz CT molecular complexity index is 712. The third kappa shape index (κ3) is 5.45. The Labute approximate surface area is 148 Å². The van der Waals surface area contributed by atoms with Crippen LogP contribution in [0.3, 0.4) is 0 Å². The molecule has 0 aliphatic heterocycles. The van der Waals surface area contributed by atoms with Crippen molar-refractivity contribution in [3.8, 4) is 5.75 Å². The van der Waals surface area contributed by atoms with Gasteiger partial charge in [0, 0.05) is 0 Å². The lowest BCUT2D eigenvalue weighted by Gasteiger charge is -2.21. The predicted octanol–water partition coefficient (Wildman–Crippen LogP) is 3.93. The van der Waals surface area contributed by atoms with Crippen LogP contribution in [0.4, 0.5) is 0 Å². The first-order valence-electron chi connectivity index (χ1n) is 8.25. The minimum Gasteiger partial charge on any atom is -0.497 e. The molecule has 0 saturated heterocycles. The van der Waals surface area contributed by atoms with E-state index < -0.39 is 23.3 Å². The number of hydrogen-bond donors (Lipinski definition) is 0. The van der Waals surface area contributed by atoms with Crippen LogP contribution in [0.1, 0.15) is 37.8 Å². The Morgan fingerprint density at radius 1 is 0.960 bits per heavy atom. The number of hydrogen-bond acceptors (Lipinski definition) is 4. The molecular formula is C21H24O4. The molecule has 2 aromatic carbocycles. The smallest absolute Gasteiger partial charge is 0.375 e. The van der Waals surface area contributed by atoms with Gasteiger partial charge in [-0.15, -0.1) is 0 Å². The lowest BCUT2D eigenvalue weighted by molar-refractivity contribution is -0.163. The van der Waals surface area contributed by atoms with Crippen LogP contribution in [-0.2, 0) is 20.7 Å². The molecule has 0 heterocycles. The largest absolute Gasteiger partial charge is 0.497 e. The first kappa shape index (κ1) is 18.7. The third-order valence-corrected chi connectivity index (χ3v) is 3.72. The van der Waals surface area contributed by atoms with Gasteiger partial charge >= 0.3 is 5.97 Å². The van der Waals surface area contributed by atoms with E-state index >= 15 is 0 Å². The van der Waals surface area contributed by atoms with Crippen LogP contribution in [0, 0.1) is 0 Å². The highest BCUT2D eigenvalue weighted by molar-refractivity contribution is 6.36. The molecule has 132 valence electrons. The predicted molar refractivity (Wildman–Crippen MR) is 96.7 cm³/mol. The van der Waals surface area contributed by atoms with Gasteiger partial charge in [0.25, 0.3) is 0 Å². The van der Waals surface area contributed by atoms with Gasteiger partial charge in [-0.25, -0.2) is 4.79 Å². The topological polar surface area (TPSA) is 52.6 Å². The molecule has 0 saturated carbocycles. The average molecular weight is 340 g/mol. The Hall–Kier alpha value is -2.62. The second kappa shape index (κ2) is 7.97. The second-order valence-electron chi connectivity index (χ2n) is 6.88. The number of esters is 1. The number of rotatable bonds is 6. The van der Waals surface area contributed by atoms with Crippen molar-refractivity contribution >= 4 is 11.8 Å². The van der Waals surface area contributed by atoms with Crippen LogP contribution < -0.4 is 4.74 Å². The molecule has 0 spiro atoms. The van der Waals surface area contributed by atoms with E-state index in [1.807, 2.05) is 54.6 Å². The number of carbonyl (C=O) groups is 2. The molecule has 1 unspecified atom stereocenters. The molecule has 4 heteroatoms. The molecule has 0 radical (unpaired) electrons. The monoisotopic (exact) mass is 340 g/mol. The van der Waals surface area contributed by atoms with Gasteiger partial charge in [-0.05, 0) is 50.5 Å². The fourth-order valence-corrected chi connectivity index (χ4v) is 2.52. The van der Waals surface area contributed by atoms with Crippen molar-refractivity contribution in [3.05, 3.63) is 65.7 Å². The quantitative estimate of drug-likeness (QED) is 0.590. The van der Waals surface area contributed by atoms with Crippen LogP contribution in [0.5, 0.6) is 5.75 Å². The van der Waals surface area contributed by atoms with Crippen molar-refractivity contribution in [2.75, 3.05) is 7.11 Å². The van der Waals surface area contributed by atoms with E-state index in [9.17, 15) is 9.59 Å². The number of ether oxygens (including phenoxy) is 2. The maximum atomic E-state index is 12.7. The number of benzene rings is 2. The van der Waals surface area contributed by atoms with Crippen LogP contribution in [-0.4, -0.2) is 24.5 Å². The number of ketones is 1. The fourth-order valence-electron chi connectivity index (χ4n) is 2.52. The summed E-state index contributed by atoms with van der Waals surface area (Å²) in [6.07, 6.45) is 0.423. The van der Waals surface area contributed by atoms with E-state index in [0.717, 1.165) is 16.9 Å². The number of carbonyl (C=O) groups excluding carboxylic acids is 2. The van der Waals surface area contributed by atoms with Crippen molar-refractivity contribution < 1.29 is 19.1 Å². The summed E-state index contributed by atoms with van der Waals surface area (Å²) < 4.78 is 10.4. The summed E-state index contributed by atoms with van der Waals surface area (Å²) in [5, 5.41) is 0. The van der Waals surface area contributed by atoms with Gasteiger partial charge in [0.15, 0.2) is 0 Å². The maximum Gasteiger partial charge on any atom is 0.375 e. The van der Waals surface area contributed by atoms with E-state index in [0.29, 0.717) is 6.42 Å². The Morgan fingerprint density at radius 2 is 1.56 bits per heavy atom. The Kier molecular flexibility index (Phi) is 5.97. The van der Waals surface area contributed by atoms with Gasteiger partial charge in [0.2, 0.25) is 5.78 Å². The molecule has 0 aromatic heterocycles. The van der Waals surface area contributed by atoms with E-state index in [1.54, 1.807) is 27.9 Å². The van der Waals surface area contributed by atoms with Crippen molar-refractivity contribution in [2.45, 2.75) is 38.7 Å². The zero-order valence-electron chi connectivity index (χ0n) is 15.1. The van der Waals surface area contributed by atoms with Crippen LogP contribution in [0.25, 0.3) is 0 Å². The molecule has 0 bridgehead atoms. The van der Waals surface area contributed by atoms with E-state index in [4.69, 9.17) is 9.47 Å². The molecule has 2 rings (SSSR count). The second-order valence-corrected chi connectivity index (χ2v) is 6.88. The van der Waals surface area contributed by atoms with Crippen LogP contribution in [0.15, 0.2) is 54.6 Å². The SMILES string of the molecule is COc1ccc(CC(C(=O)C(=O)OC(C)(C)C)c2ccccc2)cc1. The average Bonchev–Trinajstić information content (AvgIpc) is 2.59. The molecule has 0 N–H and O–H groups in total. The van der Waals surface area contributed by atoms with Crippen molar-refractivity contribution in [3.63, 3.8) is 0 Å². The summed E-state index contributed by atoms with van der Waals surface area (Å²) in [6, 6.07) is 16.8. The lowest BCUT2D eigenvalue weighted by Crippen LogP contribution is -2.32. The normalized spacial score (nSPS) is 12.3. The highest BCUT2D eigenvalue weighted by Crippen LogP contribution is 2.24. The Balaban J connectivity index is 2.27. The van der Waals surface area contributed by atoms with E-state index in [-0.39, 0.29) is 0 Å². The van der Waals surface area contributed by atoms with Gasteiger partial charge in [-0.3, -0.25) is 4.79 Å². The number of Topliss-reactive ketones (excluding diaryl/α,β-unsaturated/α-hetero) is 1. The lowest BCUT2D eigenvalue weighted by atomic mass is 9.88. The van der Waals surface area contributed by atoms with Crippen molar-refractivity contribution in [2.24, 2.45) is 0 Å². The number of methoxy groups -OCH3 is 1. The molecule has 0 aliphatic rings. The summed E-state index contributed by atoms with van der Waals surface area (Å²) >= 11 is 0. The maximum absolute atomic E-state index is 12.7. The van der Waals surface area contributed by atoms with Crippen molar-refractivity contribution in [1.29, 1.82) is 0 Å². The summed E-state index contributed by atoms with van der Waals surface area (Å²) in [5.41, 5.74) is 1.05. The Morgan fingerprint density at radius 3 is 2.08 bits per heavy atom. The standard InChI is InChI=1S/C21H24O4/c1-21(2,3)25-20(23)19(22)18(16-8-6-5-7-9-16)14-15-10-12-17(24-4)13-11-15/h5-13,18H,14H2,1-4H3.